The summed E-state index contributed by atoms with van der Waals surface area (Å²) in [6.07, 6.45) is 0.190. The lowest BCUT2D eigenvalue weighted by atomic mass is 10.1. The largest absolute Gasteiger partial charge is 0.550 e. The molecule has 1 N–H and O–H groups in total. The molecule has 0 amide bonds. The number of aryl methyl sites for hydroxylation is 1. The van der Waals surface area contributed by atoms with Crippen molar-refractivity contribution in [3.8, 4) is 0 Å². The third-order valence-corrected chi connectivity index (χ3v) is 5.15. The summed E-state index contributed by atoms with van der Waals surface area (Å²) in [5, 5.41) is 10.9. The molecule has 2 rings (SSSR count). The molecule has 0 fully saturated rings. The van der Waals surface area contributed by atoms with E-state index in [-0.39, 0.29) is 11.3 Å². The highest BCUT2D eigenvalue weighted by atomic mass is 35.5. The van der Waals surface area contributed by atoms with Crippen LogP contribution in [0, 0.1) is 6.92 Å². The molecule has 0 aromatic heterocycles. The normalized spacial score (nSPS) is 11.2. The average molecular weight is 353 g/mol. The molecule has 0 radical (unpaired) electrons. The van der Waals surface area contributed by atoms with Gasteiger partial charge in [-0.1, -0.05) is 29.8 Å². The smallest absolute Gasteiger partial charge is 0.261 e. The van der Waals surface area contributed by atoms with E-state index in [4.69, 9.17) is 11.6 Å². The number of carbonyl (C=O) groups excluding carboxylic acids is 1. The van der Waals surface area contributed by atoms with Crippen LogP contribution in [0.5, 0.6) is 0 Å². The van der Waals surface area contributed by atoms with Gasteiger partial charge in [-0.15, -0.1) is 0 Å². The highest BCUT2D eigenvalue weighted by Crippen LogP contribution is 2.25. The predicted molar refractivity (Wildman–Crippen MR) is 86.8 cm³/mol. The molecule has 2 aromatic carbocycles. The Morgan fingerprint density at radius 1 is 1.17 bits per heavy atom. The average Bonchev–Trinajstić information content (AvgIpc) is 2.50. The number of hydrogen-bond acceptors (Lipinski definition) is 4. The maximum absolute atomic E-state index is 12.4. The molecule has 0 atom stereocenters. The Bertz CT molecular complexity index is 816. The first-order valence-corrected chi connectivity index (χ1v) is 8.72. The fourth-order valence-electron chi connectivity index (χ4n) is 2.00. The number of hydrogen-bond donors (Lipinski definition) is 1. The van der Waals surface area contributed by atoms with Gasteiger partial charge in [0.1, 0.15) is 0 Å². The number of carbonyl (C=O) groups is 1. The molecule has 0 aliphatic rings. The highest BCUT2D eigenvalue weighted by molar-refractivity contribution is 7.92. The minimum Gasteiger partial charge on any atom is -0.550 e. The first kappa shape index (κ1) is 17.3. The van der Waals surface area contributed by atoms with E-state index in [1.807, 2.05) is 0 Å². The second kappa shape index (κ2) is 7.02. The summed E-state index contributed by atoms with van der Waals surface area (Å²) in [5.74, 6) is -1.14. The van der Waals surface area contributed by atoms with Crippen LogP contribution in [-0.4, -0.2) is 14.4 Å². The number of aliphatic carboxylic acids is 1. The fourth-order valence-corrected chi connectivity index (χ4v) is 3.30. The molecule has 0 unspecified atom stereocenters. The van der Waals surface area contributed by atoms with Gasteiger partial charge in [-0.25, -0.2) is 8.42 Å². The molecule has 122 valence electrons. The van der Waals surface area contributed by atoms with Gasteiger partial charge in [-0.2, -0.15) is 0 Å². The Hall–Kier alpha value is -2.05. The number of sulfonamides is 1. The second-order valence-corrected chi connectivity index (χ2v) is 7.12. The minimum atomic E-state index is -3.74. The minimum absolute atomic E-state index is 0.0917. The van der Waals surface area contributed by atoms with Gasteiger partial charge >= 0.3 is 0 Å². The molecule has 0 spiro atoms. The predicted octanol–water partition coefficient (Wildman–Crippen LogP) is 2.13. The lowest BCUT2D eigenvalue weighted by Crippen LogP contribution is -2.22. The van der Waals surface area contributed by atoms with Crippen LogP contribution in [0.2, 0.25) is 5.02 Å². The van der Waals surface area contributed by atoms with E-state index in [1.165, 1.54) is 12.1 Å². The Morgan fingerprint density at radius 3 is 2.43 bits per heavy atom. The molecule has 0 saturated heterocycles. The van der Waals surface area contributed by atoms with Gasteiger partial charge in [-0.05, 0) is 55.2 Å². The van der Waals surface area contributed by atoms with Crippen LogP contribution in [0.25, 0.3) is 0 Å². The van der Waals surface area contributed by atoms with E-state index in [9.17, 15) is 18.3 Å². The molecule has 2 aromatic rings. The molecule has 0 saturated carbocycles. The molecular formula is C16H15ClNO4S-. The number of rotatable bonds is 6. The molecule has 0 aliphatic heterocycles. The standard InChI is InChI=1S/C16H16ClNO4S/c1-11-14(17)3-2-4-15(11)18-23(21,22)13-8-5-12(6-9-13)7-10-16(19)20/h2-6,8-9,18H,7,10H2,1H3,(H,19,20)/p-1. The summed E-state index contributed by atoms with van der Waals surface area (Å²) < 4.78 is 27.3. The summed E-state index contributed by atoms with van der Waals surface area (Å²) in [6, 6.07) is 11.0. The van der Waals surface area contributed by atoms with Crippen LogP contribution in [-0.2, 0) is 21.2 Å². The van der Waals surface area contributed by atoms with Crippen molar-refractivity contribution in [3.05, 3.63) is 58.6 Å². The molecule has 0 aliphatic carbocycles. The van der Waals surface area contributed by atoms with E-state index < -0.39 is 16.0 Å². The van der Waals surface area contributed by atoms with Crippen LogP contribution >= 0.6 is 11.6 Å². The first-order valence-electron chi connectivity index (χ1n) is 6.86. The van der Waals surface area contributed by atoms with Crippen molar-refractivity contribution < 1.29 is 18.3 Å². The quantitative estimate of drug-likeness (QED) is 0.862. The van der Waals surface area contributed by atoms with Gasteiger partial charge < -0.3 is 9.90 Å². The SMILES string of the molecule is Cc1c(Cl)cccc1NS(=O)(=O)c1ccc(CCC(=O)[O-])cc1. The van der Waals surface area contributed by atoms with Crippen molar-refractivity contribution in [2.24, 2.45) is 0 Å². The van der Waals surface area contributed by atoms with Crippen LogP contribution in [0.15, 0.2) is 47.4 Å². The molecular weight excluding hydrogens is 338 g/mol. The third kappa shape index (κ3) is 4.46. The summed E-state index contributed by atoms with van der Waals surface area (Å²) in [5.41, 5.74) is 1.79. The molecule has 5 nitrogen and oxygen atoms in total. The maximum atomic E-state index is 12.4. The van der Waals surface area contributed by atoms with Gasteiger partial charge in [0.05, 0.1) is 10.6 Å². The maximum Gasteiger partial charge on any atom is 0.261 e. The summed E-state index contributed by atoms with van der Waals surface area (Å²) in [4.78, 5) is 10.5. The summed E-state index contributed by atoms with van der Waals surface area (Å²) in [7, 11) is -3.74. The highest BCUT2D eigenvalue weighted by Gasteiger charge is 2.15. The number of nitrogens with one attached hydrogen (secondary N) is 1. The molecule has 7 heteroatoms. The van der Waals surface area contributed by atoms with Gasteiger partial charge in [0.25, 0.3) is 10.0 Å². The van der Waals surface area contributed by atoms with E-state index >= 15 is 0 Å². The van der Waals surface area contributed by atoms with Crippen molar-refractivity contribution in [1.82, 2.24) is 0 Å². The monoisotopic (exact) mass is 352 g/mol. The zero-order valence-electron chi connectivity index (χ0n) is 12.4. The first-order chi connectivity index (χ1) is 10.8. The van der Waals surface area contributed by atoms with Gasteiger partial charge in [0.15, 0.2) is 0 Å². The number of carboxylic acid groups (broad SMARTS) is 1. The zero-order chi connectivity index (χ0) is 17.0. The molecule has 23 heavy (non-hydrogen) atoms. The number of halogens is 1. The fraction of sp³-hybridized carbons (Fsp3) is 0.188. The summed E-state index contributed by atoms with van der Waals surface area (Å²) in [6.45, 7) is 1.73. The topological polar surface area (TPSA) is 86.3 Å². The van der Waals surface area contributed by atoms with Crippen molar-refractivity contribution in [3.63, 3.8) is 0 Å². The Labute approximate surface area is 140 Å². The van der Waals surface area contributed by atoms with Crippen LogP contribution < -0.4 is 9.83 Å². The lowest BCUT2D eigenvalue weighted by molar-refractivity contribution is -0.305. The van der Waals surface area contributed by atoms with Crippen molar-refractivity contribution in [2.45, 2.75) is 24.7 Å². The van der Waals surface area contributed by atoms with E-state index in [0.29, 0.717) is 22.7 Å². The van der Waals surface area contributed by atoms with E-state index in [2.05, 4.69) is 4.72 Å². The Balaban J connectivity index is 2.19. The molecule has 0 heterocycles. The van der Waals surface area contributed by atoms with Crippen LogP contribution in [0.1, 0.15) is 17.5 Å². The Kier molecular flexibility index (Phi) is 5.28. The van der Waals surface area contributed by atoms with Crippen molar-refractivity contribution >= 4 is 33.3 Å². The van der Waals surface area contributed by atoms with Crippen molar-refractivity contribution in [1.29, 1.82) is 0 Å². The summed E-state index contributed by atoms with van der Waals surface area (Å²) >= 11 is 5.98. The van der Waals surface area contributed by atoms with E-state index in [1.54, 1.807) is 37.3 Å². The molecule has 0 bridgehead atoms. The van der Waals surface area contributed by atoms with Crippen LogP contribution in [0.3, 0.4) is 0 Å². The van der Waals surface area contributed by atoms with Crippen molar-refractivity contribution in [2.75, 3.05) is 4.72 Å². The van der Waals surface area contributed by atoms with E-state index in [0.717, 1.165) is 5.56 Å². The van der Waals surface area contributed by atoms with Gasteiger partial charge in [0, 0.05) is 11.0 Å². The third-order valence-electron chi connectivity index (χ3n) is 3.36. The number of carboxylic acids is 1. The van der Waals surface area contributed by atoms with Gasteiger partial charge in [-0.3, -0.25) is 4.72 Å². The van der Waals surface area contributed by atoms with Crippen LogP contribution in [0.4, 0.5) is 5.69 Å². The van der Waals surface area contributed by atoms with Gasteiger partial charge in [0.2, 0.25) is 0 Å². The number of benzene rings is 2. The lowest BCUT2D eigenvalue weighted by Gasteiger charge is -2.12. The second-order valence-electron chi connectivity index (χ2n) is 5.03. The number of anilines is 1. The zero-order valence-corrected chi connectivity index (χ0v) is 13.9. The Morgan fingerprint density at radius 2 is 1.83 bits per heavy atom.